The molecule has 2 aromatic rings. The predicted molar refractivity (Wildman–Crippen MR) is 61.8 cm³/mol. The highest BCUT2D eigenvalue weighted by molar-refractivity contribution is 5.86. The molecule has 1 N–H and O–H groups in total. The van der Waals surface area contributed by atoms with Crippen molar-refractivity contribution >= 4 is 30.8 Å². The van der Waals surface area contributed by atoms with Crippen LogP contribution in [-0.2, 0) is 7.05 Å². The molecular weight excluding hydrogens is 255 g/mol. The topological polar surface area (TPSA) is 72.9 Å². The van der Waals surface area contributed by atoms with E-state index in [-0.39, 0.29) is 30.5 Å². The van der Waals surface area contributed by atoms with Gasteiger partial charge in [-0.25, -0.2) is 9.78 Å². The molecule has 0 aliphatic carbocycles. The van der Waals surface area contributed by atoms with E-state index in [9.17, 15) is 4.79 Å². The van der Waals surface area contributed by atoms with Gasteiger partial charge in [-0.2, -0.15) is 5.10 Å². The van der Waals surface area contributed by atoms with Crippen LogP contribution in [0.4, 0.5) is 0 Å². The lowest BCUT2D eigenvalue weighted by Crippen LogP contribution is -2.04. The third kappa shape index (κ3) is 2.53. The number of carboxylic acids is 1. The number of halogens is 2. The van der Waals surface area contributed by atoms with Gasteiger partial charge in [0.05, 0.1) is 24.4 Å². The van der Waals surface area contributed by atoms with Gasteiger partial charge < -0.3 is 5.11 Å². The van der Waals surface area contributed by atoms with Crippen molar-refractivity contribution in [2.45, 2.75) is 0 Å². The Balaban J connectivity index is 0.00000112. The molecule has 0 atom stereocenters. The Bertz CT molecular complexity index is 480. The molecule has 2 aromatic heterocycles. The predicted octanol–water partition coefficient (Wildman–Crippen LogP) is 1.15. The third-order valence-corrected chi connectivity index (χ3v) is 1.83. The molecule has 0 saturated heterocycles. The van der Waals surface area contributed by atoms with E-state index in [2.05, 4.69) is 10.1 Å². The zero-order chi connectivity index (χ0) is 10.1. The number of carbonyl (C=O) groups is 1. The first-order valence-electron chi connectivity index (χ1n) is 3.93. The highest BCUT2D eigenvalue weighted by atomic mass is 35.5. The van der Waals surface area contributed by atoms with Crippen LogP contribution in [0.1, 0.15) is 10.5 Å². The number of rotatable bonds is 2. The number of hydrogen-bond donors (Lipinski definition) is 1. The molecule has 2 heterocycles. The van der Waals surface area contributed by atoms with Crippen LogP contribution < -0.4 is 0 Å². The standard InChI is InChI=1S/C8H8N4O2.2ClH/c1-11-4-6(2-10-11)12-5-9-3-7(12)8(13)14;;/h2-5H,1H3,(H,13,14);2*1H. The molecule has 0 unspecified atom stereocenters. The third-order valence-electron chi connectivity index (χ3n) is 1.83. The summed E-state index contributed by atoms with van der Waals surface area (Å²) in [7, 11) is 1.76. The molecule has 0 saturated carbocycles. The van der Waals surface area contributed by atoms with Crippen LogP contribution in [0.3, 0.4) is 0 Å². The van der Waals surface area contributed by atoms with Crippen molar-refractivity contribution in [3.8, 4) is 5.69 Å². The van der Waals surface area contributed by atoms with E-state index in [0.29, 0.717) is 5.69 Å². The summed E-state index contributed by atoms with van der Waals surface area (Å²) in [5.74, 6) is -1.01. The Morgan fingerprint density at radius 3 is 2.56 bits per heavy atom. The first-order valence-corrected chi connectivity index (χ1v) is 3.93. The van der Waals surface area contributed by atoms with Gasteiger partial charge in [0.1, 0.15) is 0 Å². The summed E-state index contributed by atoms with van der Waals surface area (Å²) >= 11 is 0. The van der Waals surface area contributed by atoms with Crippen molar-refractivity contribution in [2.24, 2.45) is 7.05 Å². The van der Waals surface area contributed by atoms with E-state index < -0.39 is 5.97 Å². The Morgan fingerprint density at radius 2 is 2.06 bits per heavy atom. The van der Waals surface area contributed by atoms with Crippen molar-refractivity contribution in [3.05, 3.63) is 30.6 Å². The van der Waals surface area contributed by atoms with Gasteiger partial charge in [-0.05, 0) is 0 Å². The van der Waals surface area contributed by atoms with Gasteiger partial charge in [0.2, 0.25) is 0 Å². The van der Waals surface area contributed by atoms with Crippen LogP contribution in [-0.4, -0.2) is 30.4 Å². The second-order valence-corrected chi connectivity index (χ2v) is 2.83. The fraction of sp³-hybridized carbons (Fsp3) is 0.125. The Morgan fingerprint density at radius 1 is 1.38 bits per heavy atom. The summed E-state index contributed by atoms with van der Waals surface area (Å²) in [5.41, 5.74) is 0.806. The van der Waals surface area contributed by atoms with Crippen molar-refractivity contribution in [3.63, 3.8) is 0 Å². The summed E-state index contributed by atoms with van der Waals surface area (Å²) in [5, 5.41) is 12.8. The minimum absolute atomic E-state index is 0. The molecule has 0 aromatic carbocycles. The van der Waals surface area contributed by atoms with E-state index in [1.165, 1.54) is 17.1 Å². The van der Waals surface area contributed by atoms with Crippen LogP contribution in [0.2, 0.25) is 0 Å². The second kappa shape index (κ2) is 5.53. The van der Waals surface area contributed by atoms with E-state index in [1.807, 2.05) is 0 Å². The van der Waals surface area contributed by atoms with Crippen LogP contribution >= 0.6 is 24.8 Å². The van der Waals surface area contributed by atoms with Crippen molar-refractivity contribution < 1.29 is 9.90 Å². The van der Waals surface area contributed by atoms with Gasteiger partial charge >= 0.3 is 5.97 Å². The van der Waals surface area contributed by atoms with E-state index in [4.69, 9.17) is 5.11 Å². The molecule has 16 heavy (non-hydrogen) atoms. The minimum atomic E-state index is -1.01. The molecule has 0 spiro atoms. The summed E-state index contributed by atoms with van der Waals surface area (Å²) in [6.07, 6.45) is 6.04. The number of aromatic nitrogens is 4. The van der Waals surface area contributed by atoms with Gasteiger partial charge in [-0.15, -0.1) is 24.8 Å². The lowest BCUT2D eigenvalue weighted by molar-refractivity contribution is 0.0688. The molecule has 88 valence electrons. The molecule has 6 nitrogen and oxygen atoms in total. The number of aryl methyl sites for hydroxylation is 1. The molecule has 2 rings (SSSR count). The number of hydrogen-bond acceptors (Lipinski definition) is 3. The molecule has 0 aliphatic rings. The lowest BCUT2D eigenvalue weighted by atomic mass is 10.4. The van der Waals surface area contributed by atoms with Crippen LogP contribution in [0.15, 0.2) is 24.9 Å². The summed E-state index contributed by atoms with van der Waals surface area (Å²) < 4.78 is 3.07. The monoisotopic (exact) mass is 264 g/mol. The number of aromatic carboxylic acids is 1. The van der Waals surface area contributed by atoms with Crippen molar-refractivity contribution in [1.82, 2.24) is 19.3 Å². The Kier molecular flexibility index (Phi) is 5.00. The zero-order valence-electron chi connectivity index (χ0n) is 8.27. The lowest BCUT2D eigenvalue weighted by Gasteiger charge is -1.99. The van der Waals surface area contributed by atoms with Crippen molar-refractivity contribution in [2.75, 3.05) is 0 Å². The van der Waals surface area contributed by atoms with E-state index >= 15 is 0 Å². The highest BCUT2D eigenvalue weighted by Gasteiger charge is 2.11. The molecular formula is C8H10Cl2N4O2. The van der Waals surface area contributed by atoms with E-state index in [1.54, 1.807) is 24.1 Å². The first kappa shape index (κ1) is 14.5. The van der Waals surface area contributed by atoms with E-state index in [0.717, 1.165) is 0 Å². The SMILES string of the molecule is Cl.Cl.Cn1cc(-n2cncc2C(=O)O)cn1. The van der Waals surface area contributed by atoms with Crippen molar-refractivity contribution in [1.29, 1.82) is 0 Å². The van der Waals surface area contributed by atoms with Gasteiger partial charge in [0.25, 0.3) is 0 Å². The fourth-order valence-corrected chi connectivity index (χ4v) is 1.19. The summed E-state index contributed by atoms with van der Waals surface area (Å²) in [6, 6.07) is 0. The van der Waals surface area contributed by atoms with Crippen LogP contribution in [0, 0.1) is 0 Å². The van der Waals surface area contributed by atoms with Gasteiger partial charge in [0, 0.05) is 13.2 Å². The molecule has 0 amide bonds. The largest absolute Gasteiger partial charge is 0.477 e. The normalized spacial score (nSPS) is 9.06. The quantitative estimate of drug-likeness (QED) is 0.883. The molecule has 0 radical (unpaired) electrons. The molecule has 8 heteroatoms. The maximum atomic E-state index is 10.8. The number of carboxylic acid groups (broad SMARTS) is 1. The van der Waals surface area contributed by atoms with Crippen LogP contribution in [0.5, 0.6) is 0 Å². The maximum Gasteiger partial charge on any atom is 0.354 e. The molecule has 0 fully saturated rings. The molecule has 0 aliphatic heterocycles. The Hall–Kier alpha value is -1.53. The number of nitrogens with zero attached hydrogens (tertiary/aromatic N) is 4. The highest BCUT2D eigenvalue weighted by Crippen LogP contribution is 2.09. The fourth-order valence-electron chi connectivity index (χ4n) is 1.19. The average molecular weight is 265 g/mol. The van der Waals surface area contributed by atoms with Gasteiger partial charge in [0.15, 0.2) is 5.69 Å². The number of imidazole rings is 1. The van der Waals surface area contributed by atoms with Crippen LogP contribution in [0.25, 0.3) is 5.69 Å². The summed E-state index contributed by atoms with van der Waals surface area (Å²) in [4.78, 5) is 14.5. The maximum absolute atomic E-state index is 10.8. The molecule has 0 bridgehead atoms. The van der Waals surface area contributed by atoms with Gasteiger partial charge in [-0.1, -0.05) is 0 Å². The smallest absolute Gasteiger partial charge is 0.354 e. The zero-order valence-corrected chi connectivity index (χ0v) is 9.90. The second-order valence-electron chi connectivity index (χ2n) is 2.83. The average Bonchev–Trinajstić information content (AvgIpc) is 2.70. The Labute approximate surface area is 104 Å². The first-order chi connectivity index (χ1) is 6.68. The summed E-state index contributed by atoms with van der Waals surface area (Å²) in [6.45, 7) is 0. The van der Waals surface area contributed by atoms with Gasteiger partial charge in [-0.3, -0.25) is 9.25 Å². The minimum Gasteiger partial charge on any atom is -0.477 e.